The fourth-order valence-corrected chi connectivity index (χ4v) is 3.96. The minimum Gasteiger partial charge on any atom is -0.507 e. The first-order valence-corrected chi connectivity index (χ1v) is 10.5. The average molecular weight is 456 g/mol. The first kappa shape index (κ1) is 24.1. The highest BCUT2D eigenvalue weighted by molar-refractivity contribution is 6.46. The van der Waals surface area contributed by atoms with Crippen LogP contribution in [0.4, 0.5) is 0 Å². The summed E-state index contributed by atoms with van der Waals surface area (Å²) in [6.45, 7) is 2.61. The number of aliphatic hydroxyl groups is 1. The normalized spacial score (nSPS) is 17.4. The first-order valence-electron chi connectivity index (χ1n) is 10.5. The number of amides is 1. The third kappa shape index (κ3) is 4.66. The number of rotatable bonds is 9. The minimum atomic E-state index is -0.836. The van der Waals surface area contributed by atoms with Crippen LogP contribution in [0, 0.1) is 6.92 Å². The number of nitrogens with zero attached hydrogens (tertiary/aromatic N) is 1. The summed E-state index contributed by atoms with van der Waals surface area (Å²) in [6.07, 6.45) is 0.523. The van der Waals surface area contributed by atoms with Gasteiger partial charge in [0.25, 0.3) is 11.7 Å². The molecule has 8 heteroatoms. The predicted molar refractivity (Wildman–Crippen MR) is 123 cm³/mol. The van der Waals surface area contributed by atoms with Gasteiger partial charge < -0.3 is 29.0 Å². The maximum Gasteiger partial charge on any atom is 0.295 e. The van der Waals surface area contributed by atoms with Crippen LogP contribution in [0.3, 0.4) is 0 Å². The summed E-state index contributed by atoms with van der Waals surface area (Å²) in [5, 5.41) is 11.1. The zero-order chi connectivity index (χ0) is 24.1. The maximum absolute atomic E-state index is 13.1. The van der Waals surface area contributed by atoms with Crippen molar-refractivity contribution >= 4 is 17.4 Å². The number of aliphatic hydroxyl groups excluding tert-OH is 1. The van der Waals surface area contributed by atoms with E-state index in [-0.39, 0.29) is 17.9 Å². The molecule has 2 aromatic rings. The Kier molecular flexibility index (Phi) is 7.60. The average Bonchev–Trinajstić information content (AvgIpc) is 3.08. The molecule has 0 spiro atoms. The molecule has 3 rings (SSSR count). The number of Topliss-reactive ketones (excluding diaryl/α,β-unsaturated/α-hetero) is 1. The zero-order valence-corrected chi connectivity index (χ0v) is 19.5. The van der Waals surface area contributed by atoms with E-state index in [1.54, 1.807) is 31.4 Å². The number of ether oxygens (including phenoxy) is 4. The summed E-state index contributed by atoms with van der Waals surface area (Å²) >= 11 is 0. The molecule has 1 amide bonds. The second kappa shape index (κ2) is 10.4. The predicted octanol–water partition coefficient (Wildman–Crippen LogP) is 3.48. The number of benzene rings is 2. The Balaban J connectivity index is 2.22. The van der Waals surface area contributed by atoms with E-state index in [0.717, 1.165) is 5.56 Å². The Bertz CT molecular complexity index is 1030. The van der Waals surface area contributed by atoms with Crippen LogP contribution in [0.15, 0.2) is 42.0 Å². The van der Waals surface area contributed by atoms with Gasteiger partial charge in [-0.2, -0.15) is 0 Å². The van der Waals surface area contributed by atoms with Crippen molar-refractivity contribution in [2.24, 2.45) is 0 Å². The molecule has 1 saturated heterocycles. The van der Waals surface area contributed by atoms with Gasteiger partial charge in [-0.15, -0.1) is 0 Å². The molecule has 33 heavy (non-hydrogen) atoms. The Morgan fingerprint density at radius 2 is 1.58 bits per heavy atom. The molecule has 0 aliphatic carbocycles. The summed E-state index contributed by atoms with van der Waals surface area (Å²) < 4.78 is 21.5. The van der Waals surface area contributed by atoms with Gasteiger partial charge in [0.15, 0.2) is 11.5 Å². The van der Waals surface area contributed by atoms with E-state index >= 15 is 0 Å². The summed E-state index contributed by atoms with van der Waals surface area (Å²) in [4.78, 5) is 27.6. The highest BCUT2D eigenvalue weighted by Gasteiger charge is 2.46. The standard InChI is InChI=1S/C25H29NO7/c1-15-7-9-16(10-8-15)22(27)20-21(26(11-6-12-30-2)25(29)23(20)28)17-13-18(31-3)24(33-5)19(14-17)32-4/h7-10,13-14,21,27H,6,11-12H2,1-5H3/t21-/m1/s1. The Hall–Kier alpha value is -3.52. The maximum atomic E-state index is 13.1. The van der Waals surface area contributed by atoms with Crippen molar-refractivity contribution in [2.75, 3.05) is 41.6 Å². The fraction of sp³-hybridized carbons (Fsp3) is 0.360. The molecule has 1 aliphatic rings. The van der Waals surface area contributed by atoms with E-state index in [1.807, 2.05) is 19.1 Å². The molecular formula is C25H29NO7. The van der Waals surface area contributed by atoms with Crippen molar-refractivity contribution in [3.8, 4) is 17.2 Å². The summed E-state index contributed by atoms with van der Waals surface area (Å²) in [6, 6.07) is 9.63. The van der Waals surface area contributed by atoms with Gasteiger partial charge in [0.05, 0.1) is 32.9 Å². The fourth-order valence-electron chi connectivity index (χ4n) is 3.96. The second-order valence-corrected chi connectivity index (χ2v) is 7.66. The lowest BCUT2D eigenvalue weighted by molar-refractivity contribution is -0.140. The van der Waals surface area contributed by atoms with Gasteiger partial charge in [0, 0.05) is 25.8 Å². The number of ketones is 1. The van der Waals surface area contributed by atoms with Crippen LogP contribution in [0.1, 0.15) is 29.2 Å². The van der Waals surface area contributed by atoms with Crippen molar-refractivity contribution in [2.45, 2.75) is 19.4 Å². The molecule has 0 aromatic heterocycles. The second-order valence-electron chi connectivity index (χ2n) is 7.66. The number of hydrogen-bond acceptors (Lipinski definition) is 7. The Labute approximate surface area is 193 Å². The summed E-state index contributed by atoms with van der Waals surface area (Å²) in [7, 11) is 6.04. The number of carbonyl (C=O) groups excluding carboxylic acids is 2. The third-order valence-corrected chi connectivity index (χ3v) is 5.62. The molecule has 0 saturated carbocycles. The van der Waals surface area contributed by atoms with E-state index in [9.17, 15) is 14.7 Å². The lowest BCUT2D eigenvalue weighted by Crippen LogP contribution is -2.31. The Morgan fingerprint density at radius 1 is 0.970 bits per heavy atom. The molecule has 1 N–H and O–H groups in total. The van der Waals surface area contributed by atoms with Crippen molar-refractivity contribution in [3.05, 3.63) is 58.7 Å². The number of aryl methyl sites for hydroxylation is 1. The van der Waals surface area contributed by atoms with Crippen LogP contribution < -0.4 is 14.2 Å². The molecule has 2 aromatic carbocycles. The topological polar surface area (TPSA) is 94.5 Å². The van der Waals surface area contributed by atoms with Crippen LogP contribution in [0.2, 0.25) is 0 Å². The molecule has 176 valence electrons. The van der Waals surface area contributed by atoms with E-state index in [4.69, 9.17) is 18.9 Å². The smallest absolute Gasteiger partial charge is 0.295 e. The monoisotopic (exact) mass is 455 g/mol. The number of methoxy groups -OCH3 is 4. The first-order chi connectivity index (χ1) is 15.9. The molecule has 1 atom stereocenters. The molecule has 0 radical (unpaired) electrons. The molecule has 1 aliphatic heterocycles. The lowest BCUT2D eigenvalue weighted by atomic mass is 9.94. The quantitative estimate of drug-likeness (QED) is 0.268. The van der Waals surface area contributed by atoms with Crippen molar-refractivity contribution in [1.29, 1.82) is 0 Å². The van der Waals surface area contributed by atoms with Crippen molar-refractivity contribution < 1.29 is 33.6 Å². The summed E-state index contributed by atoms with van der Waals surface area (Å²) in [5.74, 6) is -0.517. The minimum absolute atomic E-state index is 0.00976. The van der Waals surface area contributed by atoms with Gasteiger partial charge in [-0.25, -0.2) is 0 Å². The molecule has 0 unspecified atom stereocenters. The number of hydrogen-bond donors (Lipinski definition) is 1. The lowest BCUT2D eigenvalue weighted by Gasteiger charge is -2.26. The highest BCUT2D eigenvalue weighted by Crippen LogP contribution is 2.45. The van der Waals surface area contributed by atoms with Gasteiger partial charge in [-0.3, -0.25) is 9.59 Å². The number of likely N-dealkylation sites (tertiary alicyclic amines) is 1. The van der Waals surface area contributed by atoms with E-state index < -0.39 is 17.7 Å². The van der Waals surface area contributed by atoms with Gasteiger partial charge in [-0.1, -0.05) is 29.8 Å². The van der Waals surface area contributed by atoms with Crippen LogP contribution >= 0.6 is 0 Å². The molecule has 0 bridgehead atoms. The van der Waals surface area contributed by atoms with E-state index in [0.29, 0.717) is 41.4 Å². The molecule has 8 nitrogen and oxygen atoms in total. The van der Waals surface area contributed by atoms with Crippen LogP contribution in [0.5, 0.6) is 17.2 Å². The largest absolute Gasteiger partial charge is 0.507 e. The van der Waals surface area contributed by atoms with Crippen molar-refractivity contribution in [1.82, 2.24) is 4.90 Å². The van der Waals surface area contributed by atoms with Crippen LogP contribution in [0.25, 0.3) is 5.76 Å². The SMILES string of the molecule is COCCCN1C(=O)C(=O)C(=C(O)c2ccc(C)cc2)[C@H]1c1cc(OC)c(OC)c(OC)c1. The third-order valence-electron chi connectivity index (χ3n) is 5.62. The van der Waals surface area contributed by atoms with E-state index in [1.165, 1.54) is 26.2 Å². The Morgan fingerprint density at radius 3 is 2.09 bits per heavy atom. The van der Waals surface area contributed by atoms with Crippen LogP contribution in [-0.2, 0) is 14.3 Å². The zero-order valence-electron chi connectivity index (χ0n) is 19.5. The molecular weight excluding hydrogens is 426 g/mol. The van der Waals surface area contributed by atoms with Gasteiger partial charge >= 0.3 is 0 Å². The highest BCUT2D eigenvalue weighted by atomic mass is 16.5. The molecule has 1 heterocycles. The van der Waals surface area contributed by atoms with Gasteiger partial charge in [-0.05, 0) is 31.0 Å². The summed E-state index contributed by atoms with van der Waals surface area (Å²) in [5.41, 5.74) is 2.02. The van der Waals surface area contributed by atoms with Gasteiger partial charge in [0.2, 0.25) is 5.75 Å². The van der Waals surface area contributed by atoms with Gasteiger partial charge in [0.1, 0.15) is 5.76 Å². The van der Waals surface area contributed by atoms with Crippen LogP contribution in [-0.4, -0.2) is 63.3 Å². The van der Waals surface area contributed by atoms with E-state index in [2.05, 4.69) is 0 Å². The number of carbonyl (C=O) groups is 2. The molecule has 1 fully saturated rings. The van der Waals surface area contributed by atoms with Crippen molar-refractivity contribution in [3.63, 3.8) is 0 Å².